The van der Waals surface area contributed by atoms with Gasteiger partial charge in [-0.25, -0.2) is 26.9 Å². The highest BCUT2D eigenvalue weighted by molar-refractivity contribution is 7.48. The van der Waals surface area contributed by atoms with Crippen LogP contribution in [0.25, 0.3) is 0 Å². The van der Waals surface area contributed by atoms with Crippen molar-refractivity contribution < 1.29 is 112 Å². The molecular formula is C38H25F16O9P. The summed E-state index contributed by atoms with van der Waals surface area (Å²) >= 11 is 0. The van der Waals surface area contributed by atoms with Crippen molar-refractivity contribution in [3.05, 3.63) is 152 Å². The van der Waals surface area contributed by atoms with Crippen molar-refractivity contribution >= 4 is 13.8 Å². The van der Waals surface area contributed by atoms with E-state index in [0.29, 0.717) is 60.7 Å². The first-order valence-corrected chi connectivity index (χ1v) is 18.9. The Morgan fingerprint density at radius 1 is 0.547 bits per heavy atom. The molecule has 9 nitrogen and oxygen atoms in total. The molecule has 4 aromatic rings. The van der Waals surface area contributed by atoms with E-state index in [1.54, 1.807) is 0 Å². The van der Waals surface area contributed by atoms with E-state index in [1.807, 2.05) is 0 Å². The van der Waals surface area contributed by atoms with Crippen LogP contribution in [0.15, 0.2) is 84.3 Å². The fourth-order valence-corrected chi connectivity index (χ4v) is 7.35. The predicted octanol–water partition coefficient (Wildman–Crippen LogP) is 11.1. The minimum absolute atomic E-state index is 0.352. The lowest BCUT2D eigenvalue weighted by Gasteiger charge is -2.27. The van der Waals surface area contributed by atoms with E-state index in [1.165, 1.54) is 0 Å². The van der Waals surface area contributed by atoms with Gasteiger partial charge in [-0.3, -0.25) is 13.6 Å². The highest BCUT2D eigenvalue weighted by Crippen LogP contribution is 2.54. The standard InChI is InChI=1S/C38H25F16O9P/c39-22-9-1-5-18(27(22)35(43,44)45)14-58-32-31(62-34(56)33(32)59-15-19-6-2-10-23(40)28(19)36(46,47)48)26(13-55)63-64(57,60-16-20-7-3-11-24(41)29(20)37(49,50)51)61-17-21-8-4-12-25(42)30(21)38(52,53)54/h1-12,26,31,55H,13-17H2/t26-,31+/m0/s1. The predicted molar refractivity (Wildman–Crippen MR) is 181 cm³/mol. The van der Waals surface area contributed by atoms with Crippen LogP contribution in [-0.4, -0.2) is 29.9 Å². The largest absolute Gasteiger partial charge is 0.485 e. The van der Waals surface area contributed by atoms with Gasteiger partial charge < -0.3 is 19.3 Å². The van der Waals surface area contributed by atoms with Crippen LogP contribution in [-0.2, 0) is 88.3 Å². The maximum Gasteiger partial charge on any atom is 0.475 e. The van der Waals surface area contributed by atoms with E-state index in [-0.39, 0.29) is 0 Å². The first kappa shape index (κ1) is 49.7. The molecule has 0 saturated carbocycles. The molecule has 0 bridgehead atoms. The minimum atomic E-state index is -5.94. The second-order valence-corrected chi connectivity index (χ2v) is 14.6. The number of benzene rings is 4. The van der Waals surface area contributed by atoms with E-state index in [0.717, 1.165) is 12.1 Å². The Balaban J connectivity index is 1.58. The fraction of sp³-hybridized carbons (Fsp3) is 0.289. The number of halogens is 16. The van der Waals surface area contributed by atoms with E-state index in [9.17, 15) is 84.7 Å². The Kier molecular flexibility index (Phi) is 14.7. The van der Waals surface area contributed by atoms with E-state index >= 15 is 0 Å². The zero-order valence-corrected chi connectivity index (χ0v) is 32.2. The number of phosphoric ester groups is 1. The number of phosphoric acid groups is 1. The summed E-state index contributed by atoms with van der Waals surface area (Å²) < 4.78 is 268. The molecule has 5 rings (SSSR count). The van der Waals surface area contributed by atoms with Crippen molar-refractivity contribution in [2.75, 3.05) is 6.61 Å². The fourth-order valence-electron chi connectivity index (χ4n) is 6.05. The van der Waals surface area contributed by atoms with Crippen LogP contribution in [0.2, 0.25) is 0 Å². The monoisotopic (exact) mass is 960 g/mol. The van der Waals surface area contributed by atoms with Gasteiger partial charge in [-0.2, -0.15) is 52.7 Å². The van der Waals surface area contributed by atoms with Crippen molar-refractivity contribution in [2.24, 2.45) is 0 Å². The first-order chi connectivity index (χ1) is 29.7. The number of carbonyl (C=O) groups is 1. The molecule has 0 aromatic heterocycles. The molecule has 0 radical (unpaired) electrons. The number of carbonyl (C=O) groups excluding carboxylic acids is 1. The van der Waals surface area contributed by atoms with Crippen LogP contribution in [0.1, 0.15) is 44.5 Å². The average Bonchev–Trinajstić information content (AvgIpc) is 3.48. The number of hydrogen-bond donors (Lipinski definition) is 1. The molecule has 348 valence electrons. The molecule has 1 aliphatic rings. The van der Waals surface area contributed by atoms with Gasteiger partial charge in [-0.15, -0.1) is 0 Å². The van der Waals surface area contributed by atoms with Gasteiger partial charge in [0, 0.05) is 11.1 Å². The van der Waals surface area contributed by atoms with Crippen LogP contribution < -0.4 is 0 Å². The summed E-state index contributed by atoms with van der Waals surface area (Å²) in [6, 6.07) is 6.95. The molecule has 1 N–H and O–H groups in total. The average molecular weight is 961 g/mol. The number of rotatable bonds is 16. The zero-order chi connectivity index (χ0) is 47.6. The molecule has 0 fully saturated rings. The molecular weight excluding hydrogens is 935 g/mol. The van der Waals surface area contributed by atoms with Crippen molar-refractivity contribution in [3.8, 4) is 0 Å². The molecule has 2 atom stereocenters. The van der Waals surface area contributed by atoms with Gasteiger partial charge in [0.05, 0.1) is 42.1 Å². The highest BCUT2D eigenvalue weighted by Gasteiger charge is 2.48. The number of ether oxygens (including phenoxy) is 3. The van der Waals surface area contributed by atoms with Crippen LogP contribution in [0.5, 0.6) is 0 Å². The third kappa shape index (κ3) is 11.5. The van der Waals surface area contributed by atoms with Gasteiger partial charge in [-0.05, 0) is 35.4 Å². The Bertz CT molecular complexity index is 2360. The summed E-state index contributed by atoms with van der Waals surface area (Å²) in [5.41, 5.74) is -12.2. The molecule has 1 heterocycles. The SMILES string of the molecule is O=C1O[C@H]([C@H](CO)OP(=O)(OCc2cccc(F)c2C(F)(F)F)OCc2cccc(F)c2C(F)(F)F)C(OCc2cccc(F)c2C(F)(F)F)=C1OCc1cccc(F)c1C(F)(F)F. The lowest BCUT2D eigenvalue weighted by molar-refractivity contribution is -0.149. The zero-order valence-electron chi connectivity index (χ0n) is 31.3. The summed E-state index contributed by atoms with van der Waals surface area (Å²) in [4.78, 5) is 13.2. The quantitative estimate of drug-likeness (QED) is 0.0667. The van der Waals surface area contributed by atoms with Crippen LogP contribution >= 0.6 is 7.82 Å². The maximum atomic E-state index is 14.4. The molecule has 0 spiro atoms. The third-order valence-corrected chi connectivity index (χ3v) is 10.1. The normalized spacial score (nSPS) is 15.7. The molecule has 26 heteroatoms. The van der Waals surface area contributed by atoms with Crippen molar-refractivity contribution in [1.29, 1.82) is 0 Å². The lowest BCUT2D eigenvalue weighted by atomic mass is 10.1. The Morgan fingerprint density at radius 2 is 0.875 bits per heavy atom. The molecule has 1 aliphatic heterocycles. The number of alkyl halides is 12. The number of aliphatic hydroxyl groups excluding tert-OH is 1. The summed E-state index contributed by atoms with van der Waals surface area (Å²) in [6.07, 6.45) is -26.9. The second kappa shape index (κ2) is 19.0. The minimum Gasteiger partial charge on any atom is -0.485 e. The molecule has 0 amide bonds. The van der Waals surface area contributed by atoms with E-state index < -0.39 is 163 Å². The second-order valence-electron chi connectivity index (χ2n) is 13.0. The van der Waals surface area contributed by atoms with Crippen LogP contribution in [0.3, 0.4) is 0 Å². The molecule has 4 aromatic carbocycles. The highest BCUT2D eigenvalue weighted by atomic mass is 31.2. The Hall–Kier alpha value is -5.36. The van der Waals surface area contributed by atoms with Crippen LogP contribution in [0.4, 0.5) is 70.2 Å². The van der Waals surface area contributed by atoms with Crippen molar-refractivity contribution in [1.82, 2.24) is 0 Å². The summed E-state index contributed by atoms with van der Waals surface area (Å²) in [7, 11) is -5.94. The summed E-state index contributed by atoms with van der Waals surface area (Å²) in [5, 5.41) is 10.4. The summed E-state index contributed by atoms with van der Waals surface area (Å²) in [5.74, 6) is -11.9. The first-order valence-electron chi connectivity index (χ1n) is 17.4. The number of esters is 1. The van der Waals surface area contributed by atoms with Gasteiger partial charge >= 0.3 is 38.5 Å². The Morgan fingerprint density at radius 3 is 1.20 bits per heavy atom. The number of cyclic esters (lactones) is 1. The van der Waals surface area contributed by atoms with Gasteiger partial charge in [0.15, 0.2) is 11.9 Å². The van der Waals surface area contributed by atoms with Gasteiger partial charge in [0.25, 0.3) is 0 Å². The third-order valence-electron chi connectivity index (χ3n) is 8.73. The van der Waals surface area contributed by atoms with E-state index in [4.69, 9.17) is 27.8 Å². The Labute approximate surface area is 348 Å². The number of aliphatic hydroxyl groups is 1. The van der Waals surface area contributed by atoms with Gasteiger partial charge in [0.1, 0.15) is 42.6 Å². The molecule has 64 heavy (non-hydrogen) atoms. The van der Waals surface area contributed by atoms with Crippen molar-refractivity contribution in [2.45, 2.75) is 63.3 Å². The molecule has 0 saturated heterocycles. The number of hydrogen-bond acceptors (Lipinski definition) is 9. The molecule has 0 aliphatic carbocycles. The maximum absolute atomic E-state index is 14.4. The van der Waals surface area contributed by atoms with Gasteiger partial charge in [0.2, 0.25) is 5.76 Å². The molecule has 0 unspecified atom stereocenters. The lowest BCUT2D eigenvalue weighted by Crippen LogP contribution is -2.35. The van der Waals surface area contributed by atoms with Crippen molar-refractivity contribution in [3.63, 3.8) is 0 Å². The topological polar surface area (TPSA) is 110 Å². The van der Waals surface area contributed by atoms with Gasteiger partial charge in [-0.1, -0.05) is 48.5 Å². The summed E-state index contributed by atoms with van der Waals surface area (Å²) in [6.45, 7) is -7.75. The van der Waals surface area contributed by atoms with Crippen LogP contribution in [0, 0.1) is 23.3 Å². The smallest absolute Gasteiger partial charge is 0.475 e. The van der Waals surface area contributed by atoms with E-state index in [2.05, 4.69) is 0 Å².